The summed E-state index contributed by atoms with van der Waals surface area (Å²) in [6, 6.07) is 0. The van der Waals surface area contributed by atoms with E-state index < -0.39 is 0 Å². The standard InChI is InChI=1S/C11H20N4S/c1-12-5-2-10-3-6-15(7-4-10)8-11-9-16-14-13-11/h9-10,12H,2-8H2,1H3. The van der Waals surface area contributed by atoms with Gasteiger partial charge in [0.1, 0.15) is 0 Å². The van der Waals surface area contributed by atoms with Gasteiger partial charge >= 0.3 is 0 Å². The first-order chi connectivity index (χ1) is 7.88. The fourth-order valence-electron chi connectivity index (χ4n) is 2.26. The van der Waals surface area contributed by atoms with Gasteiger partial charge in [-0.25, -0.2) is 0 Å². The minimum atomic E-state index is 0.914. The monoisotopic (exact) mass is 240 g/mol. The van der Waals surface area contributed by atoms with Crippen LogP contribution in [0.2, 0.25) is 0 Å². The minimum Gasteiger partial charge on any atom is -0.320 e. The maximum Gasteiger partial charge on any atom is 0.0895 e. The summed E-state index contributed by atoms with van der Waals surface area (Å²) < 4.78 is 3.90. The average molecular weight is 240 g/mol. The summed E-state index contributed by atoms with van der Waals surface area (Å²) >= 11 is 1.44. The normalized spacial score (nSPS) is 19.1. The Morgan fingerprint density at radius 1 is 1.50 bits per heavy atom. The third-order valence-corrected chi connectivity index (χ3v) is 3.85. The highest BCUT2D eigenvalue weighted by molar-refractivity contribution is 7.03. The van der Waals surface area contributed by atoms with Gasteiger partial charge in [0.25, 0.3) is 0 Å². The molecule has 0 atom stereocenters. The zero-order chi connectivity index (χ0) is 11.2. The predicted octanol–water partition coefficient (Wildman–Crippen LogP) is 1.36. The molecule has 0 spiro atoms. The van der Waals surface area contributed by atoms with Crippen LogP contribution in [-0.4, -0.2) is 41.2 Å². The Hall–Kier alpha value is -0.520. The number of nitrogens with one attached hydrogen (secondary N) is 1. The topological polar surface area (TPSA) is 41.0 Å². The van der Waals surface area contributed by atoms with E-state index in [4.69, 9.17) is 0 Å². The van der Waals surface area contributed by atoms with Gasteiger partial charge in [-0.15, -0.1) is 5.10 Å². The molecule has 0 unspecified atom stereocenters. The van der Waals surface area contributed by atoms with E-state index >= 15 is 0 Å². The molecule has 0 saturated carbocycles. The lowest BCUT2D eigenvalue weighted by Crippen LogP contribution is -2.34. The first-order valence-electron chi connectivity index (χ1n) is 6.01. The zero-order valence-corrected chi connectivity index (χ0v) is 10.7. The van der Waals surface area contributed by atoms with Crippen LogP contribution >= 0.6 is 11.5 Å². The molecule has 1 aromatic rings. The third-order valence-electron chi connectivity index (χ3n) is 3.30. The van der Waals surface area contributed by atoms with Crippen molar-refractivity contribution in [2.75, 3.05) is 26.7 Å². The van der Waals surface area contributed by atoms with Gasteiger partial charge in [-0.3, -0.25) is 4.90 Å². The van der Waals surface area contributed by atoms with E-state index in [9.17, 15) is 0 Å². The van der Waals surface area contributed by atoms with E-state index in [0.29, 0.717) is 0 Å². The van der Waals surface area contributed by atoms with Crippen LogP contribution in [0.15, 0.2) is 5.38 Å². The van der Waals surface area contributed by atoms with Crippen molar-refractivity contribution in [3.05, 3.63) is 11.1 Å². The molecule has 1 aliphatic heterocycles. The SMILES string of the molecule is CNCCC1CCN(Cc2csnn2)CC1. The van der Waals surface area contributed by atoms with E-state index in [1.807, 2.05) is 12.4 Å². The maximum atomic E-state index is 4.10. The molecule has 1 aromatic heterocycles. The van der Waals surface area contributed by atoms with Crippen molar-refractivity contribution in [1.29, 1.82) is 0 Å². The highest BCUT2D eigenvalue weighted by Gasteiger charge is 2.19. The smallest absolute Gasteiger partial charge is 0.0895 e. The number of aromatic nitrogens is 2. The van der Waals surface area contributed by atoms with Gasteiger partial charge in [0, 0.05) is 11.9 Å². The largest absolute Gasteiger partial charge is 0.320 e. The van der Waals surface area contributed by atoms with E-state index in [2.05, 4.69) is 19.8 Å². The van der Waals surface area contributed by atoms with Gasteiger partial charge in [0.2, 0.25) is 0 Å². The summed E-state index contributed by atoms with van der Waals surface area (Å²) in [5.74, 6) is 0.914. The first-order valence-corrected chi connectivity index (χ1v) is 6.85. The van der Waals surface area contributed by atoms with E-state index in [1.54, 1.807) is 0 Å². The molecule has 16 heavy (non-hydrogen) atoms. The fourth-order valence-corrected chi connectivity index (χ4v) is 2.71. The molecular weight excluding hydrogens is 220 g/mol. The number of likely N-dealkylation sites (tertiary alicyclic amines) is 1. The van der Waals surface area contributed by atoms with Crippen LogP contribution in [0, 0.1) is 5.92 Å². The average Bonchev–Trinajstić information content (AvgIpc) is 2.81. The van der Waals surface area contributed by atoms with Gasteiger partial charge in [0.15, 0.2) is 0 Å². The second kappa shape index (κ2) is 6.27. The maximum absolute atomic E-state index is 4.10. The molecule has 5 heteroatoms. The van der Waals surface area contributed by atoms with Crippen LogP contribution in [0.4, 0.5) is 0 Å². The first kappa shape index (κ1) is 12.0. The molecule has 1 saturated heterocycles. The molecule has 1 fully saturated rings. The molecular formula is C11H20N4S. The highest BCUT2D eigenvalue weighted by Crippen LogP contribution is 2.21. The molecule has 0 bridgehead atoms. The number of hydrogen-bond donors (Lipinski definition) is 1. The molecule has 2 heterocycles. The minimum absolute atomic E-state index is 0.914. The Balaban J connectivity index is 1.69. The summed E-state index contributed by atoms with van der Waals surface area (Å²) in [6.07, 6.45) is 3.99. The van der Waals surface area contributed by atoms with Gasteiger partial charge in [0.05, 0.1) is 5.69 Å². The van der Waals surface area contributed by atoms with Crippen molar-refractivity contribution >= 4 is 11.5 Å². The lowest BCUT2D eigenvalue weighted by molar-refractivity contribution is 0.171. The summed E-state index contributed by atoms with van der Waals surface area (Å²) in [7, 11) is 2.03. The number of nitrogens with zero attached hydrogens (tertiary/aromatic N) is 3. The second-order valence-electron chi connectivity index (χ2n) is 4.51. The van der Waals surface area contributed by atoms with Crippen LogP contribution in [0.3, 0.4) is 0 Å². The lowest BCUT2D eigenvalue weighted by Gasteiger charge is -2.31. The Morgan fingerprint density at radius 3 is 2.94 bits per heavy atom. The molecule has 0 amide bonds. The van der Waals surface area contributed by atoms with Gasteiger partial charge in [-0.1, -0.05) is 4.49 Å². The van der Waals surface area contributed by atoms with E-state index in [-0.39, 0.29) is 0 Å². The summed E-state index contributed by atoms with van der Waals surface area (Å²) in [6.45, 7) is 4.56. The molecule has 0 aromatic carbocycles. The van der Waals surface area contributed by atoms with Crippen molar-refractivity contribution in [1.82, 2.24) is 19.8 Å². The van der Waals surface area contributed by atoms with Crippen LogP contribution in [0.1, 0.15) is 25.0 Å². The van der Waals surface area contributed by atoms with Gasteiger partial charge in [-0.2, -0.15) is 0 Å². The molecule has 0 aliphatic carbocycles. The second-order valence-corrected chi connectivity index (χ2v) is 5.12. The Bertz CT molecular complexity index is 280. The van der Waals surface area contributed by atoms with E-state index in [0.717, 1.165) is 24.7 Å². The molecule has 1 N–H and O–H groups in total. The number of rotatable bonds is 5. The van der Waals surface area contributed by atoms with Gasteiger partial charge in [-0.05, 0) is 63.4 Å². The summed E-state index contributed by atoms with van der Waals surface area (Å²) in [4.78, 5) is 2.49. The molecule has 1 aliphatic rings. The van der Waals surface area contributed by atoms with Crippen molar-refractivity contribution < 1.29 is 0 Å². The summed E-state index contributed by atoms with van der Waals surface area (Å²) in [5.41, 5.74) is 1.12. The highest BCUT2D eigenvalue weighted by atomic mass is 32.1. The van der Waals surface area contributed by atoms with Crippen LogP contribution in [0.25, 0.3) is 0 Å². The van der Waals surface area contributed by atoms with Crippen LogP contribution in [0.5, 0.6) is 0 Å². The summed E-state index contributed by atoms with van der Waals surface area (Å²) in [5, 5.41) is 9.38. The van der Waals surface area contributed by atoms with Crippen molar-refractivity contribution in [2.24, 2.45) is 5.92 Å². The van der Waals surface area contributed by atoms with Crippen LogP contribution in [-0.2, 0) is 6.54 Å². The van der Waals surface area contributed by atoms with Crippen LogP contribution < -0.4 is 5.32 Å². The van der Waals surface area contributed by atoms with E-state index in [1.165, 1.54) is 43.9 Å². The Labute approximate surface area is 101 Å². The Morgan fingerprint density at radius 2 is 2.31 bits per heavy atom. The molecule has 90 valence electrons. The quantitative estimate of drug-likeness (QED) is 0.844. The molecule has 0 radical (unpaired) electrons. The van der Waals surface area contributed by atoms with Crippen molar-refractivity contribution in [2.45, 2.75) is 25.8 Å². The Kier molecular flexibility index (Phi) is 4.69. The molecule has 2 rings (SSSR count). The van der Waals surface area contributed by atoms with Crippen molar-refractivity contribution in [3.63, 3.8) is 0 Å². The third kappa shape index (κ3) is 3.50. The number of piperidine rings is 1. The van der Waals surface area contributed by atoms with Gasteiger partial charge < -0.3 is 5.32 Å². The lowest BCUT2D eigenvalue weighted by atomic mass is 9.93. The zero-order valence-electron chi connectivity index (χ0n) is 9.85. The fraction of sp³-hybridized carbons (Fsp3) is 0.818. The molecule has 4 nitrogen and oxygen atoms in total. The predicted molar refractivity (Wildman–Crippen MR) is 66.5 cm³/mol. The van der Waals surface area contributed by atoms with Crippen molar-refractivity contribution in [3.8, 4) is 0 Å². The number of hydrogen-bond acceptors (Lipinski definition) is 5.